The van der Waals surface area contributed by atoms with Gasteiger partial charge >= 0.3 is 11.9 Å². The Kier molecular flexibility index (Phi) is 9.23. The number of aromatic hydroxyl groups is 1. The van der Waals surface area contributed by atoms with Crippen LogP contribution in [-0.4, -0.2) is 70.3 Å². The number of benzene rings is 3. The predicted molar refractivity (Wildman–Crippen MR) is 132 cm³/mol. The van der Waals surface area contributed by atoms with Gasteiger partial charge in [-0.05, 0) is 17.2 Å². The summed E-state index contributed by atoms with van der Waals surface area (Å²) in [5.74, 6) is -2.86. The molecule has 0 spiro atoms. The monoisotopic (exact) mass is 478 g/mol. The molecule has 3 aromatic rings. The number of para-hydroxylation sites is 1. The minimum atomic E-state index is -1.82. The highest BCUT2D eigenvalue weighted by atomic mass is 16.5. The van der Waals surface area contributed by atoms with Crippen LogP contribution < -0.4 is 4.74 Å². The molecule has 1 heterocycles. The fourth-order valence-corrected chi connectivity index (χ4v) is 4.17. The van der Waals surface area contributed by atoms with Crippen LogP contribution in [0.5, 0.6) is 11.5 Å². The quantitative estimate of drug-likeness (QED) is 0.462. The van der Waals surface area contributed by atoms with Crippen LogP contribution in [-0.2, 0) is 16.1 Å². The molecule has 0 unspecified atom stereocenters. The highest BCUT2D eigenvalue weighted by Gasteiger charge is 2.26. The molecule has 1 aliphatic heterocycles. The minimum Gasteiger partial charge on any atom is -0.504 e. The fraction of sp³-hybridized carbons (Fsp3) is 0.259. The average molecular weight is 479 g/mol. The van der Waals surface area contributed by atoms with Crippen LogP contribution in [0.15, 0.2) is 78.9 Å². The van der Waals surface area contributed by atoms with Crippen molar-refractivity contribution in [1.29, 1.82) is 0 Å². The van der Waals surface area contributed by atoms with Gasteiger partial charge in [0, 0.05) is 38.3 Å². The number of aliphatic carboxylic acids is 2. The summed E-state index contributed by atoms with van der Waals surface area (Å²) in [4.78, 5) is 23.2. The number of carboxylic acids is 2. The van der Waals surface area contributed by atoms with Crippen molar-refractivity contribution in [2.45, 2.75) is 12.6 Å². The predicted octanol–water partition coefficient (Wildman–Crippen LogP) is 3.46. The van der Waals surface area contributed by atoms with Crippen molar-refractivity contribution in [2.75, 3.05) is 33.3 Å². The molecular formula is C27H30N2O6. The first-order chi connectivity index (χ1) is 16.9. The SMILES string of the molecule is COc1cccc(CN2CCN(C(c3ccccc3)c3ccccc3)CC2)c1O.O=C(O)C(=O)O. The van der Waals surface area contributed by atoms with Gasteiger partial charge in [-0.25, -0.2) is 9.59 Å². The van der Waals surface area contributed by atoms with E-state index in [9.17, 15) is 5.11 Å². The number of rotatable bonds is 6. The molecule has 1 aliphatic rings. The van der Waals surface area contributed by atoms with E-state index in [0.29, 0.717) is 5.75 Å². The van der Waals surface area contributed by atoms with Crippen molar-refractivity contribution in [3.63, 3.8) is 0 Å². The van der Waals surface area contributed by atoms with Gasteiger partial charge in [-0.3, -0.25) is 9.80 Å². The normalized spacial score (nSPS) is 14.1. The van der Waals surface area contributed by atoms with E-state index in [-0.39, 0.29) is 11.8 Å². The molecular weight excluding hydrogens is 448 g/mol. The largest absolute Gasteiger partial charge is 0.504 e. The van der Waals surface area contributed by atoms with Crippen molar-refractivity contribution >= 4 is 11.9 Å². The van der Waals surface area contributed by atoms with Crippen LogP contribution >= 0.6 is 0 Å². The first-order valence-electron chi connectivity index (χ1n) is 11.3. The average Bonchev–Trinajstić information content (AvgIpc) is 2.88. The van der Waals surface area contributed by atoms with E-state index in [1.807, 2.05) is 12.1 Å². The number of piperazine rings is 1. The number of nitrogens with zero attached hydrogens (tertiary/aromatic N) is 2. The maximum Gasteiger partial charge on any atom is 0.414 e. The van der Waals surface area contributed by atoms with Crippen LogP contribution in [0.3, 0.4) is 0 Å². The molecule has 8 nitrogen and oxygen atoms in total. The van der Waals surface area contributed by atoms with Crippen LogP contribution in [0.4, 0.5) is 0 Å². The summed E-state index contributed by atoms with van der Waals surface area (Å²) in [6.07, 6.45) is 0. The molecule has 0 radical (unpaired) electrons. The zero-order valence-electron chi connectivity index (χ0n) is 19.6. The second kappa shape index (κ2) is 12.5. The molecule has 3 aromatic carbocycles. The lowest BCUT2D eigenvalue weighted by Gasteiger charge is -2.40. The fourth-order valence-electron chi connectivity index (χ4n) is 4.17. The molecule has 0 amide bonds. The molecule has 0 aliphatic carbocycles. The van der Waals surface area contributed by atoms with Crippen molar-refractivity contribution < 1.29 is 29.6 Å². The summed E-state index contributed by atoms with van der Waals surface area (Å²) in [6, 6.07) is 27.5. The molecule has 1 saturated heterocycles. The van der Waals surface area contributed by atoms with Crippen LogP contribution in [0.2, 0.25) is 0 Å². The highest BCUT2D eigenvalue weighted by molar-refractivity contribution is 6.27. The van der Waals surface area contributed by atoms with Gasteiger partial charge in [0.1, 0.15) is 0 Å². The molecule has 0 atom stereocenters. The van der Waals surface area contributed by atoms with Gasteiger partial charge in [0.25, 0.3) is 0 Å². The highest BCUT2D eigenvalue weighted by Crippen LogP contribution is 2.32. The van der Waals surface area contributed by atoms with Gasteiger partial charge < -0.3 is 20.1 Å². The van der Waals surface area contributed by atoms with Crippen LogP contribution in [0.1, 0.15) is 22.7 Å². The second-order valence-electron chi connectivity index (χ2n) is 8.11. The Morgan fingerprint density at radius 2 is 1.31 bits per heavy atom. The van der Waals surface area contributed by atoms with Crippen molar-refractivity contribution in [3.05, 3.63) is 95.6 Å². The second-order valence-corrected chi connectivity index (χ2v) is 8.11. The maximum atomic E-state index is 10.4. The lowest BCUT2D eigenvalue weighted by Crippen LogP contribution is -2.47. The first kappa shape index (κ1) is 25.7. The Bertz CT molecular complexity index is 1050. The molecule has 8 heteroatoms. The Balaban J connectivity index is 0.000000509. The number of carboxylic acid groups (broad SMARTS) is 2. The molecule has 0 saturated carbocycles. The van der Waals surface area contributed by atoms with Gasteiger partial charge in [-0.15, -0.1) is 0 Å². The molecule has 35 heavy (non-hydrogen) atoms. The molecule has 0 aromatic heterocycles. The topological polar surface area (TPSA) is 111 Å². The lowest BCUT2D eigenvalue weighted by molar-refractivity contribution is -0.159. The molecule has 184 valence electrons. The molecule has 1 fully saturated rings. The number of methoxy groups -OCH3 is 1. The van der Waals surface area contributed by atoms with Gasteiger partial charge in [-0.1, -0.05) is 72.8 Å². The third kappa shape index (κ3) is 7.05. The number of ether oxygens (including phenoxy) is 1. The summed E-state index contributed by atoms with van der Waals surface area (Å²) in [5, 5.41) is 25.2. The van der Waals surface area contributed by atoms with Gasteiger partial charge in [0.2, 0.25) is 0 Å². The zero-order chi connectivity index (χ0) is 25.2. The van der Waals surface area contributed by atoms with E-state index in [1.54, 1.807) is 13.2 Å². The summed E-state index contributed by atoms with van der Waals surface area (Å²) in [6.45, 7) is 4.64. The summed E-state index contributed by atoms with van der Waals surface area (Å²) in [5.41, 5.74) is 3.58. The summed E-state index contributed by atoms with van der Waals surface area (Å²) >= 11 is 0. The Hall–Kier alpha value is -3.88. The van der Waals surface area contributed by atoms with E-state index in [4.69, 9.17) is 24.5 Å². The smallest absolute Gasteiger partial charge is 0.414 e. The van der Waals surface area contributed by atoms with E-state index >= 15 is 0 Å². The number of carbonyl (C=O) groups is 2. The van der Waals surface area contributed by atoms with Crippen LogP contribution in [0.25, 0.3) is 0 Å². The number of phenolic OH excluding ortho intramolecular Hbond substituents is 1. The molecule has 3 N–H and O–H groups in total. The van der Waals surface area contributed by atoms with E-state index < -0.39 is 11.9 Å². The van der Waals surface area contributed by atoms with Crippen molar-refractivity contribution in [3.8, 4) is 11.5 Å². The maximum absolute atomic E-state index is 10.4. The first-order valence-corrected chi connectivity index (χ1v) is 11.3. The molecule has 0 bridgehead atoms. The minimum absolute atomic E-state index is 0.254. The van der Waals surface area contributed by atoms with Crippen molar-refractivity contribution in [2.24, 2.45) is 0 Å². The molecule has 4 rings (SSSR count). The third-order valence-electron chi connectivity index (χ3n) is 5.88. The van der Waals surface area contributed by atoms with Gasteiger partial charge in [-0.2, -0.15) is 0 Å². The summed E-state index contributed by atoms with van der Waals surface area (Å²) < 4.78 is 5.24. The Labute approximate surface area is 204 Å². The zero-order valence-corrected chi connectivity index (χ0v) is 19.6. The Morgan fingerprint density at radius 3 is 1.77 bits per heavy atom. The van der Waals surface area contributed by atoms with Gasteiger partial charge in [0.15, 0.2) is 11.5 Å². The standard InChI is InChI=1S/C25H28N2O2.C2H2O4/c1-29-23-14-8-13-22(25(23)28)19-26-15-17-27(18-16-26)24(20-9-4-2-5-10-20)21-11-6-3-7-12-21;3-1(4)2(5)6/h2-14,24,28H,15-19H2,1H3;(H,3,4)(H,5,6). The van der Waals surface area contributed by atoms with E-state index in [0.717, 1.165) is 38.3 Å². The Morgan fingerprint density at radius 1 is 0.800 bits per heavy atom. The van der Waals surface area contributed by atoms with Crippen molar-refractivity contribution in [1.82, 2.24) is 9.80 Å². The number of hydrogen-bond acceptors (Lipinski definition) is 6. The number of hydrogen-bond donors (Lipinski definition) is 3. The summed E-state index contributed by atoms with van der Waals surface area (Å²) in [7, 11) is 1.59. The van der Waals surface area contributed by atoms with Crippen LogP contribution in [0, 0.1) is 0 Å². The van der Waals surface area contributed by atoms with E-state index in [1.165, 1.54) is 11.1 Å². The number of phenols is 1. The lowest BCUT2D eigenvalue weighted by atomic mass is 9.96. The van der Waals surface area contributed by atoms with Gasteiger partial charge in [0.05, 0.1) is 13.2 Å². The third-order valence-corrected chi connectivity index (χ3v) is 5.88. The van der Waals surface area contributed by atoms with E-state index in [2.05, 4.69) is 70.5 Å².